The van der Waals surface area contributed by atoms with Gasteiger partial charge in [-0.2, -0.15) is 5.10 Å². The van der Waals surface area contributed by atoms with Crippen molar-refractivity contribution in [2.75, 3.05) is 43.2 Å². The van der Waals surface area contributed by atoms with Gasteiger partial charge in [0.15, 0.2) is 0 Å². The Morgan fingerprint density at radius 3 is 2.66 bits per heavy atom. The van der Waals surface area contributed by atoms with Gasteiger partial charge in [0.2, 0.25) is 5.91 Å². The van der Waals surface area contributed by atoms with Crippen LogP contribution in [0.15, 0.2) is 59.7 Å². The van der Waals surface area contributed by atoms with Gasteiger partial charge in [-0.15, -0.1) is 0 Å². The third-order valence-corrected chi connectivity index (χ3v) is 5.45. The van der Waals surface area contributed by atoms with Gasteiger partial charge in [0.1, 0.15) is 11.8 Å². The van der Waals surface area contributed by atoms with Gasteiger partial charge in [-0.05, 0) is 36.8 Å². The predicted molar refractivity (Wildman–Crippen MR) is 123 cm³/mol. The molecule has 4 rings (SSSR count). The summed E-state index contributed by atoms with van der Waals surface area (Å²) in [4.78, 5) is 27.8. The molecule has 2 heterocycles. The molecule has 2 aliphatic rings. The Balaban J connectivity index is 1.48. The van der Waals surface area contributed by atoms with Crippen molar-refractivity contribution >= 4 is 29.0 Å². The first-order valence-corrected chi connectivity index (χ1v) is 10.9. The summed E-state index contributed by atoms with van der Waals surface area (Å²) >= 11 is 0. The van der Waals surface area contributed by atoms with E-state index in [-0.39, 0.29) is 24.6 Å². The Bertz CT molecular complexity index is 973. The van der Waals surface area contributed by atoms with Crippen molar-refractivity contribution in [2.24, 2.45) is 5.10 Å². The third-order valence-electron chi connectivity index (χ3n) is 5.45. The first kappa shape index (κ1) is 22.0. The number of hydrogen-bond donors (Lipinski definition) is 1. The number of rotatable bonds is 7. The number of carbonyl (C=O) groups is 2. The summed E-state index contributed by atoms with van der Waals surface area (Å²) in [5.74, 6) is -0.711. The van der Waals surface area contributed by atoms with Gasteiger partial charge in [-0.1, -0.05) is 30.3 Å². The minimum atomic E-state index is -0.639. The molecule has 0 radical (unpaired) electrons. The largest absolute Gasteiger partial charge is 0.461 e. The zero-order valence-electron chi connectivity index (χ0n) is 18.2. The van der Waals surface area contributed by atoms with Gasteiger partial charge in [0.05, 0.1) is 25.5 Å². The fourth-order valence-corrected chi connectivity index (χ4v) is 3.86. The fourth-order valence-electron chi connectivity index (χ4n) is 3.86. The highest BCUT2D eigenvalue weighted by molar-refractivity contribution is 6.38. The molecule has 1 unspecified atom stereocenters. The molecule has 0 saturated carbocycles. The number of para-hydroxylation sites is 1. The molecule has 1 saturated heterocycles. The normalized spacial score (nSPS) is 18.8. The van der Waals surface area contributed by atoms with Crippen LogP contribution >= 0.6 is 0 Å². The number of nitrogens with one attached hydrogen (secondary N) is 1. The van der Waals surface area contributed by atoms with Crippen LogP contribution in [-0.2, 0) is 25.6 Å². The number of hydrazone groups is 1. The van der Waals surface area contributed by atoms with Crippen molar-refractivity contribution in [3.05, 3.63) is 60.2 Å². The number of ether oxygens (including phenoxy) is 2. The Morgan fingerprint density at radius 2 is 1.91 bits per heavy atom. The van der Waals surface area contributed by atoms with Crippen LogP contribution in [0.5, 0.6) is 0 Å². The lowest BCUT2D eigenvalue weighted by atomic mass is 10.1. The van der Waals surface area contributed by atoms with Crippen molar-refractivity contribution in [3.8, 4) is 0 Å². The van der Waals surface area contributed by atoms with Crippen LogP contribution < -0.4 is 10.3 Å². The molecule has 1 atom stereocenters. The Hall–Kier alpha value is -3.23. The highest BCUT2D eigenvalue weighted by Gasteiger charge is 2.36. The van der Waals surface area contributed by atoms with Crippen LogP contribution in [0.25, 0.3) is 0 Å². The standard InChI is InChI=1S/C24H28N4O4/c1-2-32-24(30)21-16-22(28(26-21)20-9-4-3-5-10-20)23(29)25-19-8-6-7-18(15-19)17-27-11-13-31-14-12-27/h3-10,15,22H,2,11-14,16-17H2,1H3,(H,25,29). The highest BCUT2D eigenvalue weighted by Crippen LogP contribution is 2.26. The molecule has 2 aliphatic heterocycles. The summed E-state index contributed by atoms with van der Waals surface area (Å²) in [6.45, 7) is 6.11. The molecule has 0 bridgehead atoms. The van der Waals surface area contributed by atoms with Gasteiger partial charge in [0.25, 0.3) is 0 Å². The van der Waals surface area contributed by atoms with Crippen LogP contribution in [-0.4, -0.2) is 61.4 Å². The maximum absolute atomic E-state index is 13.2. The van der Waals surface area contributed by atoms with E-state index in [2.05, 4.69) is 21.4 Å². The van der Waals surface area contributed by atoms with Crippen LogP contribution in [0.2, 0.25) is 0 Å². The molecule has 1 amide bonds. The number of hydrogen-bond acceptors (Lipinski definition) is 7. The van der Waals surface area contributed by atoms with E-state index in [0.29, 0.717) is 0 Å². The monoisotopic (exact) mass is 436 g/mol. The summed E-state index contributed by atoms with van der Waals surface area (Å²) < 4.78 is 10.5. The van der Waals surface area contributed by atoms with Crippen LogP contribution in [0.3, 0.4) is 0 Å². The number of amides is 1. The van der Waals surface area contributed by atoms with E-state index >= 15 is 0 Å². The van der Waals surface area contributed by atoms with E-state index < -0.39 is 12.0 Å². The highest BCUT2D eigenvalue weighted by atomic mass is 16.5. The van der Waals surface area contributed by atoms with Crippen molar-refractivity contribution in [1.29, 1.82) is 0 Å². The molecule has 2 aromatic rings. The van der Waals surface area contributed by atoms with E-state index in [0.717, 1.165) is 49.8 Å². The Kier molecular flexibility index (Phi) is 7.14. The summed E-state index contributed by atoms with van der Waals surface area (Å²) in [6, 6.07) is 16.6. The van der Waals surface area contributed by atoms with E-state index in [4.69, 9.17) is 9.47 Å². The topological polar surface area (TPSA) is 83.5 Å². The number of anilines is 2. The molecule has 1 fully saturated rings. The van der Waals surface area contributed by atoms with Crippen LogP contribution in [0.4, 0.5) is 11.4 Å². The van der Waals surface area contributed by atoms with Gasteiger partial charge in [-0.3, -0.25) is 14.7 Å². The summed E-state index contributed by atoms with van der Waals surface area (Å²) in [5.41, 5.74) is 2.84. The van der Waals surface area contributed by atoms with E-state index in [1.54, 1.807) is 11.9 Å². The van der Waals surface area contributed by atoms with Crippen molar-refractivity contribution in [1.82, 2.24) is 4.90 Å². The number of esters is 1. The summed E-state index contributed by atoms with van der Waals surface area (Å²) in [5, 5.41) is 9.01. The average Bonchev–Trinajstić information content (AvgIpc) is 3.27. The molecule has 8 nitrogen and oxygen atoms in total. The number of carbonyl (C=O) groups excluding carboxylic acids is 2. The number of benzene rings is 2. The van der Waals surface area contributed by atoms with Gasteiger partial charge >= 0.3 is 5.97 Å². The average molecular weight is 437 g/mol. The van der Waals surface area contributed by atoms with Gasteiger partial charge in [-0.25, -0.2) is 4.79 Å². The van der Waals surface area contributed by atoms with Gasteiger partial charge in [0, 0.05) is 31.7 Å². The number of morpholine rings is 1. The second-order valence-corrected chi connectivity index (χ2v) is 7.75. The minimum Gasteiger partial charge on any atom is -0.461 e. The molecule has 32 heavy (non-hydrogen) atoms. The fraction of sp³-hybridized carbons (Fsp3) is 0.375. The Labute approximate surface area is 187 Å². The minimum absolute atomic E-state index is 0.188. The molecule has 0 aliphatic carbocycles. The maximum atomic E-state index is 13.2. The molecular weight excluding hydrogens is 408 g/mol. The van der Waals surface area contributed by atoms with Crippen molar-refractivity contribution < 1.29 is 19.1 Å². The summed E-state index contributed by atoms with van der Waals surface area (Å²) in [6.07, 6.45) is 0.188. The van der Waals surface area contributed by atoms with E-state index in [1.807, 2.05) is 48.5 Å². The third kappa shape index (κ3) is 5.33. The molecule has 8 heteroatoms. The van der Waals surface area contributed by atoms with Crippen molar-refractivity contribution in [3.63, 3.8) is 0 Å². The van der Waals surface area contributed by atoms with Gasteiger partial charge < -0.3 is 14.8 Å². The molecule has 1 N–H and O–H groups in total. The quantitative estimate of drug-likeness (QED) is 0.672. The lowest BCUT2D eigenvalue weighted by Crippen LogP contribution is -2.39. The number of nitrogens with zero attached hydrogens (tertiary/aromatic N) is 3. The zero-order chi connectivity index (χ0) is 22.3. The molecule has 168 valence electrons. The van der Waals surface area contributed by atoms with E-state index in [1.165, 1.54) is 0 Å². The first-order valence-electron chi connectivity index (χ1n) is 10.9. The molecule has 0 spiro atoms. The van der Waals surface area contributed by atoms with Crippen LogP contribution in [0, 0.1) is 0 Å². The smallest absolute Gasteiger partial charge is 0.354 e. The van der Waals surface area contributed by atoms with Crippen molar-refractivity contribution in [2.45, 2.75) is 25.9 Å². The lowest BCUT2D eigenvalue weighted by Gasteiger charge is -2.26. The predicted octanol–water partition coefficient (Wildman–Crippen LogP) is 2.66. The van der Waals surface area contributed by atoms with E-state index in [9.17, 15) is 9.59 Å². The molecule has 0 aromatic heterocycles. The second kappa shape index (κ2) is 10.4. The first-order chi connectivity index (χ1) is 15.6. The lowest BCUT2D eigenvalue weighted by molar-refractivity contribution is -0.135. The maximum Gasteiger partial charge on any atom is 0.354 e. The Morgan fingerprint density at radius 1 is 1.12 bits per heavy atom. The molecular formula is C24H28N4O4. The second-order valence-electron chi connectivity index (χ2n) is 7.75. The zero-order valence-corrected chi connectivity index (χ0v) is 18.2. The summed E-state index contributed by atoms with van der Waals surface area (Å²) in [7, 11) is 0. The SMILES string of the molecule is CCOC(=O)C1=NN(c2ccccc2)C(C(=O)Nc2cccc(CN3CCOCC3)c2)C1. The van der Waals surface area contributed by atoms with Crippen LogP contribution in [0.1, 0.15) is 18.9 Å². The molecule has 2 aromatic carbocycles.